The Balaban J connectivity index is 1.45. The van der Waals surface area contributed by atoms with E-state index in [9.17, 15) is 4.79 Å². The molecule has 25 heavy (non-hydrogen) atoms. The fourth-order valence-corrected chi connectivity index (χ4v) is 3.60. The van der Waals surface area contributed by atoms with Gasteiger partial charge >= 0.3 is 0 Å². The first-order chi connectivity index (χ1) is 12.1. The maximum atomic E-state index is 12.4. The molecule has 4 heteroatoms. The molecule has 0 bridgehead atoms. The first-order valence-electron chi connectivity index (χ1n) is 8.74. The number of aromatic amines is 1. The van der Waals surface area contributed by atoms with Gasteiger partial charge < -0.3 is 15.0 Å². The van der Waals surface area contributed by atoms with Gasteiger partial charge in [-0.15, -0.1) is 0 Å². The molecular formula is C21H22N2O2. The van der Waals surface area contributed by atoms with E-state index < -0.39 is 0 Å². The normalized spacial score (nSPS) is 12.9. The number of fused-ring (bicyclic) bond motifs is 2. The van der Waals surface area contributed by atoms with Gasteiger partial charge in [0.15, 0.2) is 0 Å². The van der Waals surface area contributed by atoms with Crippen LogP contribution in [0.1, 0.15) is 32.7 Å². The molecule has 0 saturated heterocycles. The average molecular weight is 334 g/mol. The molecule has 2 aromatic carbocycles. The maximum Gasteiger partial charge on any atom is 0.251 e. The van der Waals surface area contributed by atoms with E-state index in [1.54, 1.807) is 0 Å². The van der Waals surface area contributed by atoms with Gasteiger partial charge in [0.1, 0.15) is 5.75 Å². The lowest BCUT2D eigenvalue weighted by Gasteiger charge is -2.07. The lowest BCUT2D eigenvalue weighted by atomic mass is 10.1. The highest BCUT2D eigenvalue weighted by atomic mass is 16.5. The minimum absolute atomic E-state index is 0.0247. The van der Waals surface area contributed by atoms with E-state index in [0.29, 0.717) is 18.7 Å². The summed E-state index contributed by atoms with van der Waals surface area (Å²) in [7, 11) is 0. The number of ether oxygens (including phenoxy) is 1. The molecule has 1 aromatic heterocycles. The summed E-state index contributed by atoms with van der Waals surface area (Å²) in [5, 5.41) is 4.29. The minimum atomic E-state index is -0.0247. The molecule has 2 N–H and O–H groups in total. The number of hydrogen-bond donors (Lipinski definition) is 2. The minimum Gasteiger partial charge on any atom is -0.493 e. The molecule has 4 nitrogen and oxygen atoms in total. The predicted molar refractivity (Wildman–Crippen MR) is 99.5 cm³/mol. The molecule has 1 aliphatic rings. The predicted octanol–water partition coefficient (Wildman–Crippen LogP) is 3.69. The van der Waals surface area contributed by atoms with Gasteiger partial charge in [-0.25, -0.2) is 0 Å². The average Bonchev–Trinajstić information content (AvgIpc) is 3.20. The van der Waals surface area contributed by atoms with Crippen molar-refractivity contribution in [1.82, 2.24) is 10.3 Å². The first kappa shape index (κ1) is 15.8. The van der Waals surface area contributed by atoms with Gasteiger partial charge in [0.05, 0.1) is 6.61 Å². The van der Waals surface area contributed by atoms with Crippen molar-refractivity contribution < 1.29 is 9.53 Å². The van der Waals surface area contributed by atoms with Crippen LogP contribution < -0.4 is 10.1 Å². The van der Waals surface area contributed by atoms with E-state index in [2.05, 4.69) is 42.3 Å². The van der Waals surface area contributed by atoms with E-state index in [-0.39, 0.29) is 5.91 Å². The van der Waals surface area contributed by atoms with Crippen molar-refractivity contribution in [3.05, 3.63) is 64.3 Å². The summed E-state index contributed by atoms with van der Waals surface area (Å²) in [6.07, 6.45) is 1.69. The Hall–Kier alpha value is -2.75. The number of carbonyl (C=O) groups excluding carboxylic acids is 1. The third kappa shape index (κ3) is 2.88. The van der Waals surface area contributed by atoms with Crippen LogP contribution in [0.2, 0.25) is 0 Å². The molecule has 3 aromatic rings. The van der Waals surface area contributed by atoms with Crippen molar-refractivity contribution in [3.8, 4) is 5.75 Å². The Morgan fingerprint density at radius 1 is 1.24 bits per heavy atom. The van der Waals surface area contributed by atoms with Crippen LogP contribution in [-0.2, 0) is 12.8 Å². The zero-order valence-corrected chi connectivity index (χ0v) is 14.6. The number of H-pyrrole nitrogens is 1. The number of para-hydroxylation sites is 1. The number of aryl methyl sites for hydroxylation is 2. The van der Waals surface area contributed by atoms with Crippen LogP contribution in [-0.4, -0.2) is 24.0 Å². The van der Waals surface area contributed by atoms with Crippen LogP contribution in [0.4, 0.5) is 0 Å². The molecule has 1 aliphatic heterocycles. The summed E-state index contributed by atoms with van der Waals surface area (Å²) in [6, 6.07) is 12.0. The molecule has 0 aliphatic carbocycles. The molecule has 4 rings (SSSR count). The van der Waals surface area contributed by atoms with Gasteiger partial charge in [-0.1, -0.05) is 18.2 Å². The smallest absolute Gasteiger partial charge is 0.251 e. The fraction of sp³-hybridized carbons (Fsp3) is 0.286. The molecule has 0 saturated carbocycles. The lowest BCUT2D eigenvalue weighted by Crippen LogP contribution is -2.25. The molecule has 1 amide bonds. The second-order valence-electron chi connectivity index (χ2n) is 6.65. The summed E-state index contributed by atoms with van der Waals surface area (Å²) in [6.45, 7) is 5.53. The summed E-state index contributed by atoms with van der Waals surface area (Å²) in [5.41, 5.74) is 6.72. The van der Waals surface area contributed by atoms with E-state index in [1.165, 1.54) is 27.7 Å². The third-order valence-electron chi connectivity index (χ3n) is 4.98. The number of carbonyl (C=O) groups is 1. The lowest BCUT2D eigenvalue weighted by molar-refractivity contribution is 0.0954. The first-order valence-corrected chi connectivity index (χ1v) is 8.74. The quantitative estimate of drug-likeness (QED) is 0.764. The zero-order chi connectivity index (χ0) is 17.4. The van der Waals surface area contributed by atoms with Crippen molar-refractivity contribution in [2.24, 2.45) is 0 Å². The van der Waals surface area contributed by atoms with E-state index in [0.717, 1.165) is 24.2 Å². The van der Waals surface area contributed by atoms with Crippen LogP contribution in [0.5, 0.6) is 5.75 Å². The SMILES string of the molecule is Cc1[nH]c2c(C)cccc2c1CCNC(=O)c1ccc2c(c1)CCO2. The van der Waals surface area contributed by atoms with Gasteiger partial charge in [0.25, 0.3) is 5.91 Å². The molecule has 128 valence electrons. The van der Waals surface area contributed by atoms with E-state index in [1.807, 2.05) is 18.2 Å². The number of amides is 1. The van der Waals surface area contributed by atoms with Gasteiger partial charge in [-0.2, -0.15) is 0 Å². The van der Waals surface area contributed by atoms with Gasteiger partial charge in [0, 0.05) is 35.1 Å². The molecule has 0 atom stereocenters. The Labute approximate surface area is 147 Å². The summed E-state index contributed by atoms with van der Waals surface area (Å²) < 4.78 is 5.49. The zero-order valence-electron chi connectivity index (χ0n) is 14.6. The Morgan fingerprint density at radius 2 is 2.12 bits per heavy atom. The summed E-state index contributed by atoms with van der Waals surface area (Å²) >= 11 is 0. The van der Waals surface area contributed by atoms with Crippen LogP contribution in [0, 0.1) is 13.8 Å². The second-order valence-corrected chi connectivity index (χ2v) is 6.65. The second kappa shape index (κ2) is 6.28. The monoisotopic (exact) mass is 334 g/mol. The number of aromatic nitrogens is 1. The molecule has 0 unspecified atom stereocenters. The van der Waals surface area contributed by atoms with Crippen molar-refractivity contribution in [2.75, 3.05) is 13.2 Å². The molecule has 0 radical (unpaired) electrons. The number of nitrogens with one attached hydrogen (secondary N) is 2. The fourth-order valence-electron chi connectivity index (χ4n) is 3.60. The highest BCUT2D eigenvalue weighted by molar-refractivity contribution is 5.94. The molecule has 0 fully saturated rings. The van der Waals surface area contributed by atoms with Crippen molar-refractivity contribution >= 4 is 16.8 Å². The van der Waals surface area contributed by atoms with Crippen molar-refractivity contribution in [1.29, 1.82) is 0 Å². The van der Waals surface area contributed by atoms with E-state index in [4.69, 9.17) is 4.74 Å². The van der Waals surface area contributed by atoms with Gasteiger partial charge in [-0.3, -0.25) is 4.79 Å². The Morgan fingerprint density at radius 3 is 3.00 bits per heavy atom. The van der Waals surface area contributed by atoms with E-state index >= 15 is 0 Å². The van der Waals surface area contributed by atoms with Crippen molar-refractivity contribution in [3.63, 3.8) is 0 Å². The Kier molecular flexibility index (Phi) is 3.96. The number of rotatable bonds is 4. The highest BCUT2D eigenvalue weighted by Crippen LogP contribution is 2.26. The topological polar surface area (TPSA) is 54.1 Å². The number of hydrogen-bond acceptors (Lipinski definition) is 2. The molecular weight excluding hydrogens is 312 g/mol. The standard InChI is InChI=1S/C21H22N2O2/c1-13-4-3-5-18-17(14(2)23-20(13)18)8-10-22-21(24)16-6-7-19-15(12-16)9-11-25-19/h3-7,12,23H,8-11H2,1-2H3,(H,22,24). The van der Waals surface area contributed by atoms with Crippen molar-refractivity contribution in [2.45, 2.75) is 26.7 Å². The summed E-state index contributed by atoms with van der Waals surface area (Å²) in [4.78, 5) is 15.9. The Bertz CT molecular complexity index is 956. The van der Waals surface area contributed by atoms with Crippen LogP contribution >= 0.6 is 0 Å². The van der Waals surface area contributed by atoms with Crippen LogP contribution in [0.25, 0.3) is 10.9 Å². The largest absolute Gasteiger partial charge is 0.493 e. The number of benzene rings is 2. The maximum absolute atomic E-state index is 12.4. The highest BCUT2D eigenvalue weighted by Gasteiger charge is 2.15. The van der Waals surface area contributed by atoms with Crippen LogP contribution in [0.15, 0.2) is 36.4 Å². The molecule has 0 spiro atoms. The van der Waals surface area contributed by atoms with Gasteiger partial charge in [-0.05, 0) is 55.2 Å². The third-order valence-corrected chi connectivity index (χ3v) is 4.98. The summed E-state index contributed by atoms with van der Waals surface area (Å²) in [5.74, 6) is 0.879. The van der Waals surface area contributed by atoms with Gasteiger partial charge in [0.2, 0.25) is 0 Å². The molecule has 2 heterocycles. The van der Waals surface area contributed by atoms with Crippen LogP contribution in [0.3, 0.4) is 0 Å².